The first-order valence-electron chi connectivity index (χ1n) is 23.5. The van der Waals surface area contributed by atoms with Crippen LogP contribution in [0.5, 0.6) is 0 Å². The summed E-state index contributed by atoms with van der Waals surface area (Å²) in [7, 11) is 1.79. The summed E-state index contributed by atoms with van der Waals surface area (Å²) in [4.78, 5) is 55.2. The maximum absolute atomic E-state index is 15.7. The molecule has 5 heterocycles. The van der Waals surface area contributed by atoms with E-state index >= 15 is 4.39 Å². The third-order valence-corrected chi connectivity index (χ3v) is 14.1. The van der Waals surface area contributed by atoms with Gasteiger partial charge in [0.2, 0.25) is 17.7 Å². The molecule has 4 fully saturated rings. The number of nitrogens with zero attached hydrogens (tertiary/aromatic N) is 4. The van der Waals surface area contributed by atoms with Gasteiger partial charge >= 0.3 is 0 Å². The van der Waals surface area contributed by atoms with E-state index < -0.39 is 5.92 Å². The summed E-state index contributed by atoms with van der Waals surface area (Å²) in [5.41, 5.74) is 6.55. The first-order valence-corrected chi connectivity index (χ1v) is 23.5. The zero-order valence-electron chi connectivity index (χ0n) is 37.5. The minimum absolute atomic E-state index is 0.00730. The van der Waals surface area contributed by atoms with Crippen molar-refractivity contribution in [2.45, 2.75) is 89.1 Å². The SMILES string of the molecule is Cc1ccc(NC2CNC2)cc1C(=O)NCc1ccc(C#CC2CCN(CCCCC(=O)N3CCC(c4cc5c(cc4F)c(C4CCC(=O)NC4=O)nn5C)CC3)CC2)c2ccccc12. The summed E-state index contributed by atoms with van der Waals surface area (Å²) in [5, 5.41) is 19.7. The van der Waals surface area contributed by atoms with E-state index in [4.69, 9.17) is 0 Å². The molecule has 4 saturated heterocycles. The number of aryl methyl sites for hydroxylation is 2. The quantitative estimate of drug-likeness (QED) is 0.0621. The van der Waals surface area contributed by atoms with Gasteiger partial charge in [0, 0.05) is 80.7 Å². The highest BCUT2D eigenvalue weighted by molar-refractivity contribution is 6.02. The Morgan fingerprint density at radius 2 is 1.68 bits per heavy atom. The van der Waals surface area contributed by atoms with Crippen molar-refractivity contribution in [1.82, 2.24) is 35.5 Å². The standard InChI is InChI=1S/C52H59FN8O4/c1-33-10-15-38(56-39-31-54-32-39)27-43(33)51(64)55-30-37-14-13-35(40-7-3-4-8-41(37)40)12-11-34-18-23-60(24-19-34)22-6-5-9-49(63)61-25-20-36(21-26-61)44-29-47-45(28-46(44)53)50(58-59(47)2)42-16-17-48(62)57-52(42)65/h3-4,7-8,10,13-15,27-29,34,36,39,42,54,56H,5-6,9,16-26,30-32H2,1-2H3,(H,55,64)(H,57,62,65). The number of hydrogen-bond donors (Lipinski definition) is 4. The van der Waals surface area contributed by atoms with Crippen LogP contribution in [0, 0.1) is 30.5 Å². The minimum Gasteiger partial charge on any atom is -0.380 e. The zero-order chi connectivity index (χ0) is 45.0. The molecular weight excluding hydrogens is 820 g/mol. The number of unbranched alkanes of at least 4 members (excludes halogenated alkanes) is 1. The Labute approximate surface area is 380 Å². The van der Waals surface area contributed by atoms with Crippen LogP contribution in [0.1, 0.15) is 108 Å². The van der Waals surface area contributed by atoms with E-state index in [0.29, 0.717) is 79.5 Å². The Morgan fingerprint density at radius 1 is 0.892 bits per heavy atom. The predicted octanol–water partition coefficient (Wildman–Crippen LogP) is 6.65. The number of rotatable bonds is 12. The van der Waals surface area contributed by atoms with Crippen molar-refractivity contribution in [3.8, 4) is 11.8 Å². The van der Waals surface area contributed by atoms with Crippen LogP contribution in [-0.2, 0) is 28.0 Å². The van der Waals surface area contributed by atoms with Crippen LogP contribution in [0.3, 0.4) is 0 Å². The second-order valence-electron chi connectivity index (χ2n) is 18.4. The average molecular weight is 879 g/mol. The van der Waals surface area contributed by atoms with Crippen molar-refractivity contribution in [2.24, 2.45) is 13.0 Å². The summed E-state index contributed by atoms with van der Waals surface area (Å²) in [5.74, 6) is 5.92. The van der Waals surface area contributed by atoms with E-state index in [9.17, 15) is 19.2 Å². The molecule has 0 spiro atoms. The smallest absolute Gasteiger partial charge is 0.251 e. The molecule has 12 nitrogen and oxygen atoms in total. The van der Waals surface area contributed by atoms with Gasteiger partial charge in [0.1, 0.15) is 5.82 Å². The minimum atomic E-state index is -0.584. The molecule has 1 unspecified atom stereocenters. The second kappa shape index (κ2) is 19.6. The molecule has 0 aliphatic carbocycles. The number of fused-ring (bicyclic) bond motifs is 2. The van der Waals surface area contributed by atoms with Crippen molar-refractivity contribution in [2.75, 3.05) is 51.1 Å². The Morgan fingerprint density at radius 3 is 2.43 bits per heavy atom. The van der Waals surface area contributed by atoms with E-state index in [2.05, 4.69) is 67.4 Å². The number of benzene rings is 4. The molecule has 4 aliphatic heterocycles. The molecule has 9 rings (SSSR count). The maximum Gasteiger partial charge on any atom is 0.251 e. The second-order valence-corrected chi connectivity index (χ2v) is 18.4. The Hall–Kier alpha value is -6.10. The molecule has 65 heavy (non-hydrogen) atoms. The lowest BCUT2D eigenvalue weighted by Gasteiger charge is -2.33. The number of imide groups is 1. The lowest BCUT2D eigenvalue weighted by atomic mass is 9.87. The van der Waals surface area contributed by atoms with Crippen LogP contribution in [0.4, 0.5) is 10.1 Å². The molecule has 13 heteroatoms. The molecule has 0 radical (unpaired) electrons. The molecule has 0 saturated carbocycles. The normalized spacial score (nSPS) is 18.9. The predicted molar refractivity (Wildman–Crippen MR) is 251 cm³/mol. The Kier molecular flexibility index (Phi) is 13.3. The van der Waals surface area contributed by atoms with E-state index in [0.717, 1.165) is 97.1 Å². The number of anilines is 1. The Bertz CT molecular complexity index is 2680. The molecule has 4 amide bonds. The molecule has 5 aromatic rings. The summed E-state index contributed by atoms with van der Waals surface area (Å²) in [6.45, 7) is 8.43. The molecule has 0 bridgehead atoms. The zero-order valence-corrected chi connectivity index (χ0v) is 37.5. The van der Waals surface area contributed by atoms with Crippen molar-refractivity contribution in [1.29, 1.82) is 0 Å². The lowest BCUT2D eigenvalue weighted by Crippen LogP contribution is -2.51. The average Bonchev–Trinajstić information content (AvgIpc) is 3.61. The first kappa shape index (κ1) is 44.1. The molecule has 1 atom stereocenters. The number of likely N-dealkylation sites (tertiary alicyclic amines) is 2. The van der Waals surface area contributed by atoms with E-state index in [1.807, 2.05) is 48.2 Å². The number of nitrogens with one attached hydrogen (secondary N) is 4. The maximum atomic E-state index is 15.7. The Balaban J connectivity index is 0.706. The number of amides is 4. The van der Waals surface area contributed by atoms with Crippen LogP contribution in [0.25, 0.3) is 21.7 Å². The van der Waals surface area contributed by atoms with E-state index in [-0.39, 0.29) is 41.8 Å². The van der Waals surface area contributed by atoms with Gasteiger partial charge in [-0.2, -0.15) is 5.10 Å². The highest BCUT2D eigenvalue weighted by atomic mass is 19.1. The molecule has 4 N–H and O–H groups in total. The van der Waals surface area contributed by atoms with Crippen LogP contribution in [0.15, 0.2) is 66.7 Å². The first-order chi connectivity index (χ1) is 31.6. The van der Waals surface area contributed by atoms with Gasteiger partial charge in [-0.3, -0.25) is 29.2 Å². The van der Waals surface area contributed by atoms with Gasteiger partial charge in [-0.25, -0.2) is 4.39 Å². The summed E-state index contributed by atoms with van der Waals surface area (Å²) < 4.78 is 17.3. The highest BCUT2D eigenvalue weighted by Crippen LogP contribution is 2.36. The summed E-state index contributed by atoms with van der Waals surface area (Å²) >= 11 is 0. The van der Waals surface area contributed by atoms with Crippen LogP contribution < -0.4 is 21.3 Å². The summed E-state index contributed by atoms with van der Waals surface area (Å²) in [6.07, 6.45) is 6.35. The van der Waals surface area contributed by atoms with Gasteiger partial charge in [0.05, 0.1) is 23.2 Å². The lowest BCUT2D eigenvalue weighted by molar-refractivity contribution is -0.134. The van der Waals surface area contributed by atoms with Crippen molar-refractivity contribution < 1.29 is 23.6 Å². The molecule has 4 aromatic carbocycles. The number of carbonyl (C=O) groups excluding carboxylic acids is 4. The van der Waals surface area contributed by atoms with Crippen LogP contribution >= 0.6 is 0 Å². The van der Waals surface area contributed by atoms with Gasteiger partial charge < -0.3 is 25.8 Å². The van der Waals surface area contributed by atoms with Gasteiger partial charge in [-0.05, 0) is 135 Å². The van der Waals surface area contributed by atoms with Crippen LogP contribution in [0.2, 0.25) is 0 Å². The van der Waals surface area contributed by atoms with Gasteiger partial charge in [-0.1, -0.05) is 48.2 Å². The highest BCUT2D eigenvalue weighted by Gasteiger charge is 2.33. The topological polar surface area (TPSA) is 141 Å². The molecule has 338 valence electrons. The number of carbonyl (C=O) groups is 4. The number of piperidine rings is 3. The molecular formula is C52H59FN8O4. The monoisotopic (exact) mass is 878 g/mol. The third kappa shape index (κ3) is 9.94. The number of halogens is 1. The van der Waals surface area contributed by atoms with Gasteiger partial charge in [0.15, 0.2) is 0 Å². The fraction of sp³-hybridized carbons (Fsp3) is 0.442. The third-order valence-electron chi connectivity index (χ3n) is 14.1. The molecule has 1 aromatic heterocycles. The van der Waals surface area contributed by atoms with Crippen LogP contribution in [-0.4, -0.2) is 95.1 Å². The number of hydrogen-bond acceptors (Lipinski definition) is 8. The van der Waals surface area contributed by atoms with E-state index in [1.165, 1.54) is 6.07 Å². The largest absolute Gasteiger partial charge is 0.380 e. The van der Waals surface area contributed by atoms with E-state index in [1.54, 1.807) is 11.7 Å². The van der Waals surface area contributed by atoms with Crippen molar-refractivity contribution in [3.63, 3.8) is 0 Å². The molecule has 4 aliphatic rings. The fourth-order valence-electron chi connectivity index (χ4n) is 10.0. The summed E-state index contributed by atoms with van der Waals surface area (Å²) in [6, 6.07) is 22.2. The van der Waals surface area contributed by atoms with Crippen molar-refractivity contribution >= 4 is 51.0 Å². The van der Waals surface area contributed by atoms with Crippen molar-refractivity contribution in [3.05, 3.63) is 106 Å². The number of aromatic nitrogens is 2. The fourth-order valence-corrected chi connectivity index (χ4v) is 10.0. The van der Waals surface area contributed by atoms with Gasteiger partial charge in [-0.15, -0.1) is 0 Å². The van der Waals surface area contributed by atoms with Gasteiger partial charge in [0.25, 0.3) is 5.91 Å².